The van der Waals surface area contributed by atoms with Crippen LogP contribution in [0.4, 0.5) is 0 Å². The second kappa shape index (κ2) is 23.5. The summed E-state index contributed by atoms with van der Waals surface area (Å²) in [6.45, 7) is 10.6. The number of aryl methyl sites for hydroxylation is 1. The second-order valence-electron chi connectivity index (χ2n) is 17.6. The average Bonchev–Trinajstić information content (AvgIpc) is 4.24. The van der Waals surface area contributed by atoms with Crippen molar-refractivity contribution in [2.24, 2.45) is 0 Å². The van der Waals surface area contributed by atoms with Crippen LogP contribution in [0, 0.1) is 6.92 Å². The second-order valence-corrected chi connectivity index (χ2v) is 17.6. The van der Waals surface area contributed by atoms with Crippen LogP contribution >= 0.6 is 0 Å². The number of hydrogen-bond donors (Lipinski definition) is 2. The van der Waals surface area contributed by atoms with Crippen molar-refractivity contribution in [1.29, 1.82) is 0 Å². The number of rotatable bonds is 20. The van der Waals surface area contributed by atoms with E-state index in [1.165, 1.54) is 5.56 Å². The van der Waals surface area contributed by atoms with E-state index in [9.17, 15) is 10.2 Å². The number of aromatic nitrogens is 4. The molecule has 0 fully saturated rings. The zero-order chi connectivity index (χ0) is 47.5. The van der Waals surface area contributed by atoms with Crippen molar-refractivity contribution in [3.63, 3.8) is 0 Å². The van der Waals surface area contributed by atoms with Crippen molar-refractivity contribution in [3.05, 3.63) is 181 Å². The van der Waals surface area contributed by atoms with Gasteiger partial charge >= 0.3 is 16.8 Å². The van der Waals surface area contributed by atoms with E-state index >= 15 is 0 Å². The Kier molecular flexibility index (Phi) is 16.6. The van der Waals surface area contributed by atoms with Gasteiger partial charge in [0.05, 0.1) is 48.2 Å². The van der Waals surface area contributed by atoms with E-state index in [4.69, 9.17) is 29.4 Å². The molecule has 355 valence electrons. The summed E-state index contributed by atoms with van der Waals surface area (Å²) in [7, 11) is 0. The average molecular weight is 970 g/mol. The summed E-state index contributed by atoms with van der Waals surface area (Å²) >= 11 is 0. The molecule has 9 heteroatoms. The largest absolute Gasteiger partial charge is 2.00 e. The Morgan fingerprint density at radius 3 is 1.16 bits per heavy atom. The first-order valence-electron chi connectivity index (χ1n) is 24.1. The molecule has 2 atom stereocenters. The fourth-order valence-electron chi connectivity index (χ4n) is 8.91. The minimum Gasteiger partial charge on any atom is -0.657 e. The third-order valence-corrected chi connectivity index (χ3v) is 12.7. The van der Waals surface area contributed by atoms with Crippen LogP contribution in [0.1, 0.15) is 79.7 Å². The van der Waals surface area contributed by atoms with Gasteiger partial charge in [0, 0.05) is 0 Å². The Hall–Kier alpha value is -7.01. The topological polar surface area (TPSA) is 113 Å². The SMILES string of the molecule is C=CC(O)CCCCCOc1ccc(-c2c3nc(c(-c4ccc(C)cc4)c4ccc([n-]4)c(-c4ccc(OCCCCCC(O)C=C)cc4)c4nc(c(-c5ccccc5)c5ccc2[n-]5)C=C4)C=C3)cc1.[Co+2]. The molecule has 2 N–H and O–H groups in total. The van der Waals surface area contributed by atoms with E-state index < -0.39 is 12.2 Å². The first-order valence-corrected chi connectivity index (χ1v) is 24.1. The first-order chi connectivity index (χ1) is 33.8. The van der Waals surface area contributed by atoms with E-state index in [0.29, 0.717) is 26.1 Å². The van der Waals surface area contributed by atoms with Crippen molar-refractivity contribution >= 4 is 46.4 Å². The summed E-state index contributed by atoms with van der Waals surface area (Å²) in [5.41, 5.74) is 15.2. The van der Waals surface area contributed by atoms with Crippen LogP contribution in [-0.2, 0) is 16.8 Å². The molecule has 7 aromatic rings. The van der Waals surface area contributed by atoms with Gasteiger partial charge in [-0.25, -0.2) is 9.97 Å². The quantitative estimate of drug-likeness (QED) is 0.0574. The van der Waals surface area contributed by atoms with Crippen LogP contribution < -0.4 is 19.4 Å². The molecule has 2 aliphatic heterocycles. The van der Waals surface area contributed by atoms with Crippen molar-refractivity contribution in [2.45, 2.75) is 70.5 Å². The van der Waals surface area contributed by atoms with E-state index in [0.717, 1.165) is 139 Å². The molecule has 0 amide bonds. The molecule has 3 aromatic heterocycles. The number of hydrogen-bond acceptors (Lipinski definition) is 6. The van der Waals surface area contributed by atoms with E-state index in [1.807, 2.05) is 42.5 Å². The van der Waals surface area contributed by atoms with Crippen molar-refractivity contribution in [1.82, 2.24) is 19.9 Å². The maximum Gasteiger partial charge on any atom is 2.00 e. The predicted molar refractivity (Wildman–Crippen MR) is 284 cm³/mol. The standard InChI is InChI=1S/C61H58N4O4.Co/c1-4-46(66)17-11-7-13-39-68-48-27-23-44(24-28-48)60-54-33-31-50(62-54)58(42-15-9-6-10-16-42)51-32-34-55(63-51)61(45-25-29-49(30-26-45)69-40-14-8-12-18-47(67)5-2)57-38-36-53(65-57)59(52-35-37-56(60)64-52)43-21-19-41(3)20-22-43;/h4-6,9-10,15-16,19-38,46-47,66-67H,1-2,7-8,11-14,17-18,39-40H2,3H3;/q-2;+2. The zero-order valence-electron chi connectivity index (χ0n) is 39.6. The van der Waals surface area contributed by atoms with Gasteiger partial charge in [0.15, 0.2) is 0 Å². The molecule has 0 aliphatic carbocycles. The smallest absolute Gasteiger partial charge is 0.657 e. The van der Waals surface area contributed by atoms with E-state index in [2.05, 4.69) is 129 Å². The number of aliphatic hydroxyl groups is 2. The molecule has 4 aromatic carbocycles. The van der Waals surface area contributed by atoms with Crippen LogP contribution in [0.3, 0.4) is 0 Å². The third kappa shape index (κ3) is 11.7. The molecule has 0 saturated carbocycles. The zero-order valence-corrected chi connectivity index (χ0v) is 40.6. The minimum absolute atomic E-state index is 0. The van der Waals surface area contributed by atoms with Crippen LogP contribution in [0.2, 0.25) is 0 Å². The van der Waals surface area contributed by atoms with Crippen molar-refractivity contribution < 1.29 is 36.5 Å². The fraction of sp³-hybridized carbons (Fsp3) is 0.213. The summed E-state index contributed by atoms with van der Waals surface area (Å²) in [6, 6.07) is 43.6. The van der Waals surface area contributed by atoms with Gasteiger partial charge in [0.2, 0.25) is 0 Å². The number of nitrogens with zero attached hydrogens (tertiary/aromatic N) is 4. The summed E-state index contributed by atoms with van der Waals surface area (Å²) in [5, 5.41) is 19.6. The first kappa shape index (κ1) is 49.4. The summed E-state index contributed by atoms with van der Waals surface area (Å²) in [6.07, 6.45) is 17.6. The van der Waals surface area contributed by atoms with Crippen molar-refractivity contribution in [3.8, 4) is 56.0 Å². The summed E-state index contributed by atoms with van der Waals surface area (Å²) in [4.78, 5) is 21.7. The number of benzene rings is 4. The molecule has 2 aliphatic rings. The number of fused-ring (bicyclic) bond motifs is 8. The van der Waals surface area contributed by atoms with Gasteiger partial charge in [0.25, 0.3) is 0 Å². The third-order valence-electron chi connectivity index (χ3n) is 12.7. The Bertz CT molecular complexity index is 3070. The minimum atomic E-state index is -0.454. The molecular formula is C61H58CoN4O4. The molecule has 9 rings (SSSR count). The fourth-order valence-corrected chi connectivity index (χ4v) is 8.91. The van der Waals surface area contributed by atoms with Crippen LogP contribution in [0.15, 0.2) is 153 Å². The van der Waals surface area contributed by atoms with E-state index in [-0.39, 0.29) is 16.8 Å². The number of unbranched alkanes of at least 4 members (excludes halogenated alkanes) is 4. The molecule has 70 heavy (non-hydrogen) atoms. The van der Waals surface area contributed by atoms with Crippen LogP contribution in [0.25, 0.3) is 90.9 Å². The number of ether oxygens (including phenoxy) is 2. The Morgan fingerprint density at radius 2 is 0.800 bits per heavy atom. The molecule has 8 bridgehead atoms. The molecular weight excluding hydrogens is 912 g/mol. The molecule has 8 nitrogen and oxygen atoms in total. The van der Waals surface area contributed by atoms with Crippen molar-refractivity contribution in [2.75, 3.05) is 13.2 Å². The predicted octanol–water partition coefficient (Wildman–Crippen LogP) is 13.9. The Morgan fingerprint density at radius 1 is 0.457 bits per heavy atom. The molecule has 1 radical (unpaired) electrons. The maximum atomic E-state index is 9.81. The Balaban J connectivity index is 0.00000659. The van der Waals surface area contributed by atoms with Gasteiger partial charge in [-0.3, -0.25) is 0 Å². The van der Waals surface area contributed by atoms with Gasteiger partial charge in [0.1, 0.15) is 11.5 Å². The Labute approximate surface area is 421 Å². The summed E-state index contributed by atoms with van der Waals surface area (Å²) < 4.78 is 12.3. The van der Waals surface area contributed by atoms with Gasteiger partial charge in [-0.2, -0.15) is 0 Å². The monoisotopic (exact) mass is 969 g/mol. The molecule has 2 unspecified atom stereocenters. The van der Waals surface area contributed by atoms with Crippen LogP contribution in [0.5, 0.6) is 11.5 Å². The van der Waals surface area contributed by atoms with Gasteiger partial charge in [-0.15, -0.1) is 35.2 Å². The van der Waals surface area contributed by atoms with Gasteiger partial charge < -0.3 is 29.7 Å². The summed E-state index contributed by atoms with van der Waals surface area (Å²) in [5.74, 6) is 1.59. The number of aliphatic hydroxyl groups excluding tert-OH is 2. The molecule has 5 heterocycles. The van der Waals surface area contributed by atoms with Crippen LogP contribution in [-0.4, -0.2) is 45.6 Å². The maximum absolute atomic E-state index is 9.81. The van der Waals surface area contributed by atoms with E-state index in [1.54, 1.807) is 12.2 Å². The van der Waals surface area contributed by atoms with Gasteiger partial charge in [-0.1, -0.05) is 134 Å². The molecule has 0 saturated heterocycles. The normalized spacial score (nSPS) is 12.6. The van der Waals surface area contributed by atoms with Gasteiger partial charge in [-0.05, 0) is 139 Å². The molecule has 0 spiro atoms.